The predicted molar refractivity (Wildman–Crippen MR) is 88.7 cm³/mol. The zero-order valence-corrected chi connectivity index (χ0v) is 13.2. The van der Waals surface area contributed by atoms with Crippen LogP contribution in [0.1, 0.15) is 44.9 Å². The van der Waals surface area contributed by atoms with Crippen LogP contribution in [0.3, 0.4) is 0 Å². The molecule has 0 heterocycles. The first-order valence-corrected chi connectivity index (χ1v) is 8.52. The monoisotopic (exact) mass is 290 g/mol. The van der Waals surface area contributed by atoms with Crippen molar-refractivity contribution in [3.8, 4) is 5.75 Å². The van der Waals surface area contributed by atoms with Crippen LogP contribution in [-0.4, -0.2) is 37.2 Å². The van der Waals surface area contributed by atoms with Gasteiger partial charge in [-0.25, -0.2) is 0 Å². The van der Waals surface area contributed by atoms with Gasteiger partial charge in [0.1, 0.15) is 12.4 Å². The van der Waals surface area contributed by atoms with Gasteiger partial charge in [-0.2, -0.15) is 0 Å². The Bertz CT molecular complexity index is 361. The zero-order chi connectivity index (χ0) is 14.8. The highest BCUT2D eigenvalue weighted by Gasteiger charge is 2.19. The molecule has 0 amide bonds. The molecular weight excluding hydrogens is 260 g/mol. The van der Waals surface area contributed by atoms with E-state index in [9.17, 15) is 0 Å². The van der Waals surface area contributed by atoms with E-state index in [2.05, 4.69) is 4.90 Å². The van der Waals surface area contributed by atoms with Crippen LogP contribution in [0.25, 0.3) is 0 Å². The van der Waals surface area contributed by atoms with E-state index in [1.54, 1.807) is 0 Å². The van der Waals surface area contributed by atoms with E-state index in [0.29, 0.717) is 0 Å². The Morgan fingerprint density at radius 3 is 2.38 bits per heavy atom. The van der Waals surface area contributed by atoms with Crippen LogP contribution in [-0.2, 0) is 0 Å². The number of ether oxygens (including phenoxy) is 1. The van der Waals surface area contributed by atoms with Gasteiger partial charge in [0.2, 0.25) is 0 Å². The minimum atomic E-state index is 0.735. The molecule has 0 atom stereocenters. The standard InChI is InChI=1S/C18H30N2O/c19-13-8-14-20(17-9-4-1-2-5-10-17)15-16-21-18-11-6-3-7-12-18/h3,6-7,11-12,17H,1-2,4-5,8-10,13-16,19H2. The second kappa shape index (κ2) is 9.80. The van der Waals surface area contributed by atoms with E-state index in [1.807, 2.05) is 30.3 Å². The number of hydrogen-bond acceptors (Lipinski definition) is 3. The number of nitrogens with zero attached hydrogens (tertiary/aromatic N) is 1. The molecule has 118 valence electrons. The van der Waals surface area contributed by atoms with E-state index in [4.69, 9.17) is 10.5 Å². The van der Waals surface area contributed by atoms with Gasteiger partial charge in [-0.05, 0) is 44.5 Å². The highest BCUT2D eigenvalue weighted by Crippen LogP contribution is 2.22. The lowest BCUT2D eigenvalue weighted by molar-refractivity contribution is 0.146. The molecule has 0 unspecified atom stereocenters. The lowest BCUT2D eigenvalue weighted by Crippen LogP contribution is -2.39. The van der Waals surface area contributed by atoms with Gasteiger partial charge in [-0.15, -0.1) is 0 Å². The Morgan fingerprint density at radius 1 is 1.00 bits per heavy atom. The maximum Gasteiger partial charge on any atom is 0.119 e. The van der Waals surface area contributed by atoms with E-state index >= 15 is 0 Å². The summed E-state index contributed by atoms with van der Waals surface area (Å²) in [5.74, 6) is 0.970. The molecule has 21 heavy (non-hydrogen) atoms. The number of nitrogens with two attached hydrogens (primary N) is 1. The summed E-state index contributed by atoms with van der Waals surface area (Å²) >= 11 is 0. The maximum absolute atomic E-state index is 5.87. The highest BCUT2D eigenvalue weighted by molar-refractivity contribution is 5.20. The topological polar surface area (TPSA) is 38.5 Å². The van der Waals surface area contributed by atoms with Crippen molar-refractivity contribution in [1.29, 1.82) is 0 Å². The van der Waals surface area contributed by atoms with Crippen LogP contribution in [0, 0.1) is 0 Å². The molecule has 1 aliphatic rings. The van der Waals surface area contributed by atoms with Gasteiger partial charge in [-0.1, -0.05) is 43.9 Å². The number of hydrogen-bond donors (Lipinski definition) is 1. The van der Waals surface area contributed by atoms with Gasteiger partial charge >= 0.3 is 0 Å². The third-order valence-corrected chi connectivity index (χ3v) is 4.38. The van der Waals surface area contributed by atoms with Crippen LogP contribution in [0.4, 0.5) is 0 Å². The maximum atomic E-state index is 5.87. The first-order valence-electron chi connectivity index (χ1n) is 8.52. The molecule has 2 N–H and O–H groups in total. The van der Waals surface area contributed by atoms with Crippen molar-refractivity contribution in [2.45, 2.75) is 51.0 Å². The molecule has 1 fully saturated rings. The van der Waals surface area contributed by atoms with Crippen molar-refractivity contribution in [1.82, 2.24) is 4.90 Å². The second-order valence-corrected chi connectivity index (χ2v) is 5.99. The molecule has 2 rings (SSSR count). The predicted octanol–water partition coefficient (Wildman–Crippen LogP) is 3.44. The van der Waals surface area contributed by atoms with E-state index in [0.717, 1.165) is 44.5 Å². The Kier molecular flexibility index (Phi) is 7.61. The van der Waals surface area contributed by atoms with Crippen LogP contribution in [0.5, 0.6) is 5.75 Å². The van der Waals surface area contributed by atoms with Gasteiger partial charge in [0, 0.05) is 12.6 Å². The molecule has 0 radical (unpaired) electrons. The van der Waals surface area contributed by atoms with E-state index in [-0.39, 0.29) is 0 Å². The zero-order valence-electron chi connectivity index (χ0n) is 13.2. The summed E-state index contributed by atoms with van der Waals surface area (Å²) in [6.45, 7) is 3.67. The van der Waals surface area contributed by atoms with Crippen LogP contribution >= 0.6 is 0 Å². The smallest absolute Gasteiger partial charge is 0.119 e. The summed E-state index contributed by atoms with van der Waals surface area (Å²) in [7, 11) is 0. The number of benzene rings is 1. The van der Waals surface area contributed by atoms with Crippen molar-refractivity contribution < 1.29 is 4.74 Å². The molecule has 0 saturated heterocycles. The summed E-state index contributed by atoms with van der Waals surface area (Å²) < 4.78 is 5.87. The van der Waals surface area contributed by atoms with Crippen molar-refractivity contribution in [3.63, 3.8) is 0 Å². The van der Waals surface area contributed by atoms with Crippen LogP contribution in [0.15, 0.2) is 30.3 Å². The molecule has 3 heteroatoms. The van der Waals surface area contributed by atoms with Crippen LogP contribution < -0.4 is 10.5 Å². The molecule has 1 saturated carbocycles. The molecule has 0 spiro atoms. The summed E-state index contributed by atoms with van der Waals surface area (Å²) in [5.41, 5.74) is 5.70. The van der Waals surface area contributed by atoms with E-state index in [1.165, 1.54) is 38.5 Å². The number of para-hydroxylation sites is 1. The lowest BCUT2D eigenvalue weighted by atomic mass is 10.1. The number of rotatable bonds is 8. The third-order valence-electron chi connectivity index (χ3n) is 4.38. The van der Waals surface area contributed by atoms with Crippen molar-refractivity contribution in [3.05, 3.63) is 30.3 Å². The Morgan fingerprint density at radius 2 is 1.71 bits per heavy atom. The quantitative estimate of drug-likeness (QED) is 0.745. The Labute approximate surface area is 129 Å². The highest BCUT2D eigenvalue weighted by atomic mass is 16.5. The fourth-order valence-corrected chi connectivity index (χ4v) is 3.19. The Hall–Kier alpha value is -1.06. The van der Waals surface area contributed by atoms with E-state index < -0.39 is 0 Å². The minimum Gasteiger partial charge on any atom is -0.492 e. The summed E-state index contributed by atoms with van der Waals surface area (Å²) in [5, 5.41) is 0. The molecule has 1 aromatic rings. The molecule has 0 aromatic heterocycles. The normalized spacial score (nSPS) is 16.9. The van der Waals surface area contributed by atoms with Gasteiger partial charge < -0.3 is 10.5 Å². The lowest BCUT2D eigenvalue weighted by Gasteiger charge is -2.31. The first kappa shape index (κ1) is 16.3. The van der Waals surface area contributed by atoms with Crippen molar-refractivity contribution in [2.24, 2.45) is 5.73 Å². The SMILES string of the molecule is NCCCN(CCOc1ccccc1)C1CCCCCC1. The summed E-state index contributed by atoms with van der Waals surface area (Å²) in [6.07, 6.45) is 9.34. The first-order chi connectivity index (χ1) is 10.4. The van der Waals surface area contributed by atoms with Crippen molar-refractivity contribution >= 4 is 0 Å². The molecule has 1 aromatic carbocycles. The van der Waals surface area contributed by atoms with Crippen molar-refractivity contribution in [2.75, 3.05) is 26.2 Å². The minimum absolute atomic E-state index is 0.735. The average Bonchev–Trinajstić information content (AvgIpc) is 2.81. The largest absolute Gasteiger partial charge is 0.492 e. The molecule has 0 bridgehead atoms. The molecule has 0 aliphatic heterocycles. The third kappa shape index (κ3) is 6.06. The second-order valence-electron chi connectivity index (χ2n) is 5.99. The summed E-state index contributed by atoms with van der Waals surface area (Å²) in [6, 6.07) is 10.8. The molecule has 3 nitrogen and oxygen atoms in total. The van der Waals surface area contributed by atoms with Crippen LogP contribution in [0.2, 0.25) is 0 Å². The van der Waals surface area contributed by atoms with Gasteiger partial charge in [0.05, 0.1) is 0 Å². The Balaban J connectivity index is 1.80. The molecule has 1 aliphatic carbocycles. The fraction of sp³-hybridized carbons (Fsp3) is 0.667. The van der Waals surface area contributed by atoms with Gasteiger partial charge in [-0.3, -0.25) is 4.90 Å². The fourth-order valence-electron chi connectivity index (χ4n) is 3.19. The molecular formula is C18H30N2O. The van der Waals surface area contributed by atoms with Gasteiger partial charge in [0.25, 0.3) is 0 Å². The van der Waals surface area contributed by atoms with Gasteiger partial charge in [0.15, 0.2) is 0 Å². The summed E-state index contributed by atoms with van der Waals surface area (Å²) in [4.78, 5) is 2.61. The average molecular weight is 290 g/mol.